The van der Waals surface area contributed by atoms with E-state index in [4.69, 9.17) is 0 Å². The number of benzene rings is 1. The summed E-state index contributed by atoms with van der Waals surface area (Å²) >= 11 is 0. The topological polar surface area (TPSA) is 147 Å². The van der Waals surface area contributed by atoms with Crippen molar-refractivity contribution in [2.24, 2.45) is 10.2 Å². The standard InChI is InChI=1S/C38H62N8O3/c1-8-14-21-40-29(11-4)25-45(26-30(12-5)41-22-15-9-2)36(47)32-19-17-18-20-34(32)43-44-35-28(7)33(24-39)37(48)46(38(35)49)27-31(13-6)42-23-16-10-3/h17-20,29-31,40-42,48H,8-16,21-23,25-27H2,1-7H3. The molecule has 1 amide bonds. The van der Waals surface area contributed by atoms with Gasteiger partial charge in [0.25, 0.3) is 11.5 Å². The highest BCUT2D eigenvalue weighted by Crippen LogP contribution is 2.29. The zero-order valence-corrected chi connectivity index (χ0v) is 31.1. The van der Waals surface area contributed by atoms with E-state index in [1.807, 2.05) is 17.9 Å². The Morgan fingerprint density at radius 1 is 0.857 bits per heavy atom. The summed E-state index contributed by atoms with van der Waals surface area (Å²) in [5, 5.41) is 40.4. The molecular formula is C38H62N8O3. The van der Waals surface area contributed by atoms with Gasteiger partial charge in [0.15, 0.2) is 5.69 Å². The van der Waals surface area contributed by atoms with Gasteiger partial charge < -0.3 is 26.0 Å². The first kappa shape index (κ1) is 41.6. The van der Waals surface area contributed by atoms with Crippen LogP contribution in [0.1, 0.15) is 121 Å². The SMILES string of the molecule is CCCCNC(CC)CN(CC(CC)NCCCC)C(=O)c1ccccc1N=Nc1c(C)c(C#N)c(O)n(CC(CC)NCCCC)c1=O. The van der Waals surface area contributed by atoms with Gasteiger partial charge in [0, 0.05) is 43.3 Å². The zero-order valence-electron chi connectivity index (χ0n) is 31.1. The molecule has 1 aromatic carbocycles. The number of amides is 1. The molecule has 4 N–H and O–H groups in total. The first-order valence-electron chi connectivity index (χ1n) is 18.6. The molecule has 0 spiro atoms. The Morgan fingerprint density at radius 2 is 1.37 bits per heavy atom. The van der Waals surface area contributed by atoms with Crippen molar-refractivity contribution in [1.82, 2.24) is 25.4 Å². The van der Waals surface area contributed by atoms with E-state index in [2.05, 4.69) is 60.8 Å². The molecule has 11 heteroatoms. The Morgan fingerprint density at radius 3 is 1.86 bits per heavy atom. The maximum Gasteiger partial charge on any atom is 0.281 e. The summed E-state index contributed by atoms with van der Waals surface area (Å²) in [7, 11) is 0. The average molecular weight is 679 g/mol. The first-order chi connectivity index (χ1) is 23.7. The van der Waals surface area contributed by atoms with E-state index in [0.717, 1.165) is 77.4 Å². The lowest BCUT2D eigenvalue weighted by Gasteiger charge is -2.32. The predicted octanol–water partition coefficient (Wildman–Crippen LogP) is 7.10. The van der Waals surface area contributed by atoms with Crippen LogP contribution in [0.5, 0.6) is 5.88 Å². The van der Waals surface area contributed by atoms with Gasteiger partial charge in [-0.3, -0.25) is 14.2 Å². The van der Waals surface area contributed by atoms with Gasteiger partial charge in [-0.25, -0.2) is 0 Å². The number of hydrogen-bond donors (Lipinski definition) is 4. The fourth-order valence-electron chi connectivity index (χ4n) is 5.70. The lowest BCUT2D eigenvalue weighted by molar-refractivity contribution is 0.0718. The number of rotatable bonds is 24. The summed E-state index contributed by atoms with van der Waals surface area (Å²) < 4.78 is 1.21. The number of carbonyl (C=O) groups excluding carboxylic acids is 1. The van der Waals surface area contributed by atoms with Crippen LogP contribution in [0.4, 0.5) is 11.4 Å². The summed E-state index contributed by atoms with van der Waals surface area (Å²) in [4.78, 5) is 30.0. The fraction of sp³-hybridized carbons (Fsp3) is 0.658. The van der Waals surface area contributed by atoms with Crippen molar-refractivity contribution in [3.05, 3.63) is 51.3 Å². The molecule has 1 heterocycles. The Balaban J connectivity index is 2.53. The highest BCUT2D eigenvalue weighted by atomic mass is 16.3. The molecule has 2 aromatic rings. The molecule has 0 saturated carbocycles. The number of nitriles is 1. The molecule has 2 rings (SSSR count). The lowest BCUT2D eigenvalue weighted by Crippen LogP contribution is -2.49. The molecular weight excluding hydrogens is 616 g/mol. The molecule has 3 unspecified atom stereocenters. The number of unbranched alkanes of at least 4 members (excludes halogenated alkanes) is 3. The monoisotopic (exact) mass is 678 g/mol. The second kappa shape index (κ2) is 22.9. The van der Waals surface area contributed by atoms with Gasteiger partial charge in [-0.15, -0.1) is 10.2 Å². The molecule has 3 atom stereocenters. The third-order valence-corrected chi connectivity index (χ3v) is 9.10. The van der Waals surface area contributed by atoms with Crippen LogP contribution in [-0.2, 0) is 6.54 Å². The van der Waals surface area contributed by atoms with Crippen molar-refractivity contribution >= 4 is 17.3 Å². The van der Waals surface area contributed by atoms with E-state index in [1.165, 1.54) is 4.57 Å². The van der Waals surface area contributed by atoms with E-state index in [-0.39, 0.29) is 53.3 Å². The van der Waals surface area contributed by atoms with Crippen LogP contribution < -0.4 is 21.5 Å². The van der Waals surface area contributed by atoms with Crippen molar-refractivity contribution in [1.29, 1.82) is 5.26 Å². The van der Waals surface area contributed by atoms with Crippen LogP contribution in [0.25, 0.3) is 0 Å². The van der Waals surface area contributed by atoms with E-state index < -0.39 is 5.56 Å². The molecule has 1 aromatic heterocycles. The molecule has 0 aliphatic carbocycles. The largest absolute Gasteiger partial charge is 0.493 e. The molecule has 0 bridgehead atoms. The minimum atomic E-state index is -0.535. The van der Waals surface area contributed by atoms with Gasteiger partial charge in [0.1, 0.15) is 11.6 Å². The highest BCUT2D eigenvalue weighted by Gasteiger charge is 2.25. The maximum atomic E-state index is 14.4. The third-order valence-electron chi connectivity index (χ3n) is 9.10. The van der Waals surface area contributed by atoms with Crippen molar-refractivity contribution in [3.63, 3.8) is 0 Å². The van der Waals surface area contributed by atoms with Crippen LogP contribution in [0, 0.1) is 18.3 Å². The Hall–Kier alpha value is -3.59. The van der Waals surface area contributed by atoms with E-state index in [0.29, 0.717) is 24.3 Å². The second-order valence-corrected chi connectivity index (χ2v) is 12.9. The van der Waals surface area contributed by atoms with Crippen molar-refractivity contribution in [3.8, 4) is 11.9 Å². The Kier molecular flexibility index (Phi) is 19.5. The molecule has 0 aliphatic heterocycles. The zero-order chi connectivity index (χ0) is 36.2. The summed E-state index contributed by atoms with van der Waals surface area (Å²) in [6.07, 6.45) is 8.87. The minimum absolute atomic E-state index is 0.0186. The number of nitrogens with one attached hydrogen (secondary N) is 3. The lowest BCUT2D eigenvalue weighted by atomic mass is 10.1. The molecule has 0 fully saturated rings. The number of pyridine rings is 1. The third kappa shape index (κ3) is 12.7. The van der Waals surface area contributed by atoms with Crippen LogP contribution in [0.15, 0.2) is 39.3 Å². The summed E-state index contributed by atoms with van der Waals surface area (Å²) in [6, 6.07) is 9.30. The van der Waals surface area contributed by atoms with Crippen LogP contribution in [-0.4, -0.2) is 71.3 Å². The predicted molar refractivity (Wildman–Crippen MR) is 199 cm³/mol. The number of nitrogens with zero attached hydrogens (tertiary/aromatic N) is 5. The van der Waals surface area contributed by atoms with E-state index in [1.54, 1.807) is 31.2 Å². The number of hydrogen-bond acceptors (Lipinski definition) is 9. The summed E-state index contributed by atoms with van der Waals surface area (Å²) in [6.45, 7) is 18.2. The smallest absolute Gasteiger partial charge is 0.281 e. The van der Waals surface area contributed by atoms with Gasteiger partial charge in [0.05, 0.1) is 11.3 Å². The second-order valence-electron chi connectivity index (χ2n) is 12.9. The quantitative estimate of drug-likeness (QED) is 0.0684. The highest BCUT2D eigenvalue weighted by molar-refractivity contribution is 5.99. The van der Waals surface area contributed by atoms with Crippen molar-refractivity contribution in [2.75, 3.05) is 32.7 Å². The van der Waals surface area contributed by atoms with Crippen LogP contribution >= 0.6 is 0 Å². The van der Waals surface area contributed by atoms with E-state index in [9.17, 15) is 20.0 Å². The normalized spacial score (nSPS) is 13.3. The molecule has 0 radical (unpaired) electrons. The molecule has 0 aliphatic rings. The first-order valence-corrected chi connectivity index (χ1v) is 18.6. The average Bonchev–Trinajstić information content (AvgIpc) is 3.11. The number of carbonyl (C=O) groups is 1. The van der Waals surface area contributed by atoms with E-state index >= 15 is 0 Å². The van der Waals surface area contributed by atoms with Gasteiger partial charge in [-0.2, -0.15) is 5.26 Å². The van der Waals surface area contributed by atoms with Gasteiger partial charge >= 0.3 is 0 Å². The molecule has 0 saturated heterocycles. The number of aromatic hydroxyl groups is 1. The van der Waals surface area contributed by atoms with Crippen molar-refractivity contribution < 1.29 is 9.90 Å². The number of aromatic nitrogens is 1. The van der Waals surface area contributed by atoms with Crippen molar-refractivity contribution in [2.45, 2.75) is 131 Å². The number of azo groups is 1. The molecule has 11 nitrogen and oxygen atoms in total. The Labute approximate surface area is 294 Å². The Bertz CT molecular complexity index is 1400. The minimum Gasteiger partial charge on any atom is -0.493 e. The van der Waals surface area contributed by atoms with Crippen LogP contribution in [0.3, 0.4) is 0 Å². The molecule has 49 heavy (non-hydrogen) atoms. The fourth-order valence-corrected chi connectivity index (χ4v) is 5.70. The summed E-state index contributed by atoms with van der Waals surface area (Å²) in [5.74, 6) is -0.524. The van der Waals surface area contributed by atoms with Crippen LogP contribution in [0.2, 0.25) is 0 Å². The van der Waals surface area contributed by atoms with Gasteiger partial charge in [0.2, 0.25) is 5.88 Å². The van der Waals surface area contributed by atoms with Gasteiger partial charge in [-0.05, 0) is 77.2 Å². The summed E-state index contributed by atoms with van der Waals surface area (Å²) in [5.41, 5.74) is 0.383. The van der Waals surface area contributed by atoms with Gasteiger partial charge in [-0.1, -0.05) is 72.9 Å². The molecule has 272 valence electrons. The maximum absolute atomic E-state index is 14.4.